The predicted molar refractivity (Wildman–Crippen MR) is 49.7 cm³/mol. The molecule has 2 rings (SSSR count). The van der Waals surface area contributed by atoms with Crippen molar-refractivity contribution in [3.05, 3.63) is 12.2 Å². The lowest BCUT2D eigenvalue weighted by molar-refractivity contribution is -0.153. The van der Waals surface area contributed by atoms with Crippen molar-refractivity contribution in [1.82, 2.24) is 0 Å². The zero-order valence-electron chi connectivity index (χ0n) is 8.33. The van der Waals surface area contributed by atoms with Crippen molar-refractivity contribution in [2.24, 2.45) is 11.8 Å². The molecule has 0 amide bonds. The van der Waals surface area contributed by atoms with E-state index in [0.717, 1.165) is 12.8 Å². The van der Waals surface area contributed by atoms with Crippen LogP contribution >= 0.6 is 0 Å². The number of ether oxygens (including phenoxy) is 2. The number of fused-ring (bicyclic) bond motifs is 1. The van der Waals surface area contributed by atoms with Gasteiger partial charge >= 0.3 is 24.9 Å². The third-order valence-electron chi connectivity index (χ3n) is 2.31. The first-order valence-electron chi connectivity index (χ1n) is 4.65. The highest BCUT2D eigenvalue weighted by Crippen LogP contribution is 2.32. The van der Waals surface area contributed by atoms with Crippen LogP contribution in [0, 0.1) is 11.8 Å². The van der Waals surface area contributed by atoms with Gasteiger partial charge in [-0.1, -0.05) is 12.2 Å². The summed E-state index contributed by atoms with van der Waals surface area (Å²) in [6, 6.07) is 0. The molecule has 0 aromatic carbocycles. The summed E-state index contributed by atoms with van der Waals surface area (Å²) in [6.07, 6.45) is 5.34. The molecule has 2 atom stereocenters. The molecule has 86 valence electrons. The van der Waals surface area contributed by atoms with Gasteiger partial charge in [0.25, 0.3) is 0 Å². The molecule has 0 saturated carbocycles. The predicted octanol–water partition coefficient (Wildman–Crippen LogP) is -0.0320. The fourth-order valence-electron chi connectivity index (χ4n) is 1.61. The van der Waals surface area contributed by atoms with E-state index in [1.54, 1.807) is 6.08 Å². The first-order chi connectivity index (χ1) is 7.70. The van der Waals surface area contributed by atoms with Gasteiger partial charge in [0.05, 0.1) is 11.8 Å². The van der Waals surface area contributed by atoms with Crippen LogP contribution in [0.4, 0.5) is 0 Å². The summed E-state index contributed by atoms with van der Waals surface area (Å²) in [5.41, 5.74) is 0. The van der Waals surface area contributed by atoms with Gasteiger partial charge in [-0.2, -0.15) is 0 Å². The van der Waals surface area contributed by atoms with Crippen LogP contribution in [-0.2, 0) is 28.7 Å². The number of rotatable bonds is 2. The van der Waals surface area contributed by atoms with Crippen LogP contribution in [0.25, 0.3) is 0 Å². The molecule has 1 saturated heterocycles. The van der Waals surface area contributed by atoms with Crippen molar-refractivity contribution >= 4 is 24.9 Å². The van der Waals surface area contributed by atoms with Gasteiger partial charge < -0.3 is 9.47 Å². The third kappa shape index (κ3) is 2.75. The van der Waals surface area contributed by atoms with E-state index in [0.29, 0.717) is 0 Å². The van der Waals surface area contributed by atoms with Crippen molar-refractivity contribution in [1.29, 1.82) is 0 Å². The number of esters is 2. The van der Waals surface area contributed by atoms with E-state index in [1.165, 1.54) is 0 Å². The second-order valence-electron chi connectivity index (χ2n) is 3.21. The summed E-state index contributed by atoms with van der Waals surface area (Å²) < 4.78 is 7.95. The Morgan fingerprint density at radius 1 is 1.25 bits per heavy atom. The maximum absolute atomic E-state index is 10.9. The SMILES string of the molecule is O=C1OC(=O)C2CCC=CC12.O=COC=O. The number of cyclic esters (lactones) is 2. The Balaban J connectivity index is 0.000000221. The molecule has 0 bridgehead atoms. The topological polar surface area (TPSA) is 86.7 Å². The van der Waals surface area contributed by atoms with E-state index in [4.69, 9.17) is 9.59 Å². The maximum Gasteiger partial charge on any atom is 0.321 e. The highest BCUT2D eigenvalue weighted by Gasteiger charge is 2.43. The molecule has 1 aliphatic carbocycles. The van der Waals surface area contributed by atoms with E-state index >= 15 is 0 Å². The molecule has 6 nitrogen and oxygen atoms in total. The minimum Gasteiger partial charge on any atom is -0.398 e. The van der Waals surface area contributed by atoms with Crippen LogP contribution in [0.2, 0.25) is 0 Å². The van der Waals surface area contributed by atoms with Crippen molar-refractivity contribution in [3.63, 3.8) is 0 Å². The van der Waals surface area contributed by atoms with Crippen LogP contribution in [0.5, 0.6) is 0 Å². The second kappa shape index (κ2) is 5.79. The van der Waals surface area contributed by atoms with Gasteiger partial charge in [-0.25, -0.2) is 0 Å². The molecule has 2 unspecified atom stereocenters. The molecule has 6 heteroatoms. The second-order valence-corrected chi connectivity index (χ2v) is 3.21. The molecule has 1 aliphatic heterocycles. The lowest BCUT2D eigenvalue weighted by Gasteiger charge is -2.12. The summed E-state index contributed by atoms with van der Waals surface area (Å²) in [5.74, 6) is -1.19. The van der Waals surface area contributed by atoms with Gasteiger partial charge in [0.2, 0.25) is 0 Å². The lowest BCUT2D eigenvalue weighted by Crippen LogP contribution is -2.17. The quantitative estimate of drug-likeness (QED) is 0.284. The largest absolute Gasteiger partial charge is 0.398 e. The minimum absolute atomic E-state index is 0.0625. The molecule has 2 aliphatic rings. The van der Waals surface area contributed by atoms with Crippen molar-refractivity contribution < 1.29 is 28.7 Å². The van der Waals surface area contributed by atoms with Gasteiger partial charge in [-0.15, -0.1) is 0 Å². The van der Waals surface area contributed by atoms with Crippen LogP contribution in [0.15, 0.2) is 12.2 Å². The Hall–Kier alpha value is -1.98. The molecule has 0 aromatic heterocycles. The average molecular weight is 226 g/mol. The van der Waals surface area contributed by atoms with E-state index in [9.17, 15) is 9.59 Å². The molecule has 1 fully saturated rings. The standard InChI is InChI=1S/C8H8O3.C2H2O3/c9-7-5-3-1-2-4-6(5)8(10)11-7;3-1-5-2-4/h1,3,5-6H,2,4H2;1-2H. The number of carbonyl (C=O) groups is 4. The first kappa shape index (κ1) is 12.1. The number of carbonyl (C=O) groups excluding carboxylic acids is 4. The normalized spacial score (nSPS) is 26.0. The van der Waals surface area contributed by atoms with Crippen molar-refractivity contribution in [3.8, 4) is 0 Å². The Labute approximate surface area is 91.2 Å². The van der Waals surface area contributed by atoms with Crippen molar-refractivity contribution in [2.75, 3.05) is 0 Å². The molecule has 0 aromatic rings. The summed E-state index contributed by atoms with van der Waals surface area (Å²) in [7, 11) is 0. The molecule has 16 heavy (non-hydrogen) atoms. The summed E-state index contributed by atoms with van der Waals surface area (Å²) in [5, 5.41) is 0. The van der Waals surface area contributed by atoms with E-state index in [-0.39, 0.29) is 36.7 Å². The van der Waals surface area contributed by atoms with E-state index < -0.39 is 0 Å². The van der Waals surface area contributed by atoms with Gasteiger partial charge in [0.15, 0.2) is 0 Å². The molecule has 0 spiro atoms. The summed E-state index contributed by atoms with van der Waals surface area (Å²) >= 11 is 0. The van der Waals surface area contributed by atoms with Crippen LogP contribution in [0.3, 0.4) is 0 Å². The Morgan fingerprint density at radius 2 is 1.94 bits per heavy atom. The monoisotopic (exact) mass is 226 g/mol. The van der Waals surface area contributed by atoms with Gasteiger partial charge in [0.1, 0.15) is 0 Å². The van der Waals surface area contributed by atoms with Crippen LogP contribution in [-0.4, -0.2) is 24.9 Å². The van der Waals surface area contributed by atoms with Gasteiger partial charge in [-0.3, -0.25) is 19.2 Å². The Bertz CT molecular complexity index is 326. The number of hydrogen-bond donors (Lipinski definition) is 0. The molecule has 0 radical (unpaired) electrons. The van der Waals surface area contributed by atoms with Gasteiger partial charge in [-0.05, 0) is 12.8 Å². The number of hydrogen-bond acceptors (Lipinski definition) is 6. The van der Waals surface area contributed by atoms with Crippen LogP contribution < -0.4 is 0 Å². The maximum atomic E-state index is 10.9. The zero-order chi connectivity index (χ0) is 12.0. The van der Waals surface area contributed by atoms with E-state index in [2.05, 4.69) is 9.47 Å². The molecular weight excluding hydrogens is 216 g/mol. The molecule has 1 heterocycles. The Morgan fingerprint density at radius 3 is 2.44 bits per heavy atom. The fourth-order valence-corrected chi connectivity index (χ4v) is 1.61. The minimum atomic E-state index is -0.379. The highest BCUT2D eigenvalue weighted by molar-refractivity contribution is 5.97. The van der Waals surface area contributed by atoms with E-state index in [1.807, 2.05) is 6.08 Å². The zero-order valence-corrected chi connectivity index (χ0v) is 8.33. The fraction of sp³-hybridized carbons (Fsp3) is 0.400. The van der Waals surface area contributed by atoms with Crippen molar-refractivity contribution in [2.45, 2.75) is 12.8 Å². The summed E-state index contributed by atoms with van der Waals surface area (Å²) in [6.45, 7) is 0.125. The molecular formula is C10H10O6. The molecule has 0 N–H and O–H groups in total. The highest BCUT2D eigenvalue weighted by atomic mass is 16.6. The summed E-state index contributed by atoms with van der Waals surface area (Å²) in [4.78, 5) is 39.8. The lowest BCUT2D eigenvalue weighted by atomic mass is 9.86. The number of allylic oxidation sites excluding steroid dienone is 1. The average Bonchev–Trinajstić information content (AvgIpc) is 2.58. The smallest absolute Gasteiger partial charge is 0.321 e. The first-order valence-corrected chi connectivity index (χ1v) is 4.65. The third-order valence-corrected chi connectivity index (χ3v) is 2.31. The Kier molecular flexibility index (Phi) is 4.38. The van der Waals surface area contributed by atoms with Gasteiger partial charge in [0, 0.05) is 0 Å². The van der Waals surface area contributed by atoms with Crippen LogP contribution in [0.1, 0.15) is 12.8 Å².